The van der Waals surface area contributed by atoms with Crippen LogP contribution in [0.2, 0.25) is 0 Å². The Hall–Kier alpha value is -2.28. The van der Waals surface area contributed by atoms with Gasteiger partial charge >= 0.3 is 5.97 Å². The van der Waals surface area contributed by atoms with Crippen LogP contribution in [-0.4, -0.2) is 47.3 Å². The van der Waals surface area contributed by atoms with Crippen LogP contribution in [-0.2, 0) is 14.3 Å². The molecule has 27 heavy (non-hydrogen) atoms. The molecule has 1 fully saturated rings. The number of amides is 2. The third kappa shape index (κ3) is 5.60. The fourth-order valence-electron chi connectivity index (χ4n) is 2.66. The Bertz CT molecular complexity index is 746. The molecule has 0 saturated carbocycles. The number of hydrogen-bond donors (Lipinski definition) is 0. The van der Waals surface area contributed by atoms with Crippen LogP contribution in [0.1, 0.15) is 40.2 Å². The molecule has 1 aliphatic heterocycles. The summed E-state index contributed by atoms with van der Waals surface area (Å²) in [4.78, 5) is 40.0. The van der Waals surface area contributed by atoms with E-state index in [4.69, 9.17) is 4.74 Å². The highest BCUT2D eigenvalue weighted by Gasteiger charge is 2.37. The molecule has 2 amide bonds. The maximum atomic E-state index is 12.5. The van der Waals surface area contributed by atoms with Gasteiger partial charge in [-0.2, -0.15) is 0 Å². The lowest BCUT2D eigenvalue weighted by Gasteiger charge is -2.21. The van der Waals surface area contributed by atoms with E-state index in [0.29, 0.717) is 4.91 Å². The average molecular weight is 391 g/mol. The number of anilines is 1. The lowest BCUT2D eigenvalue weighted by Crippen LogP contribution is -2.37. The monoisotopic (exact) mass is 390 g/mol. The predicted molar refractivity (Wildman–Crippen MR) is 109 cm³/mol. The summed E-state index contributed by atoms with van der Waals surface area (Å²) in [5.74, 6) is -1.07. The molecule has 1 heterocycles. The zero-order chi connectivity index (χ0) is 20.2. The molecule has 146 valence electrons. The molecule has 7 heteroatoms. The van der Waals surface area contributed by atoms with Crippen LogP contribution < -0.4 is 4.90 Å². The minimum atomic E-state index is -0.665. The summed E-state index contributed by atoms with van der Waals surface area (Å²) < 4.78 is 5.19. The van der Waals surface area contributed by atoms with Gasteiger partial charge in [0.2, 0.25) is 0 Å². The lowest BCUT2D eigenvalue weighted by molar-refractivity contribution is -0.156. The summed E-state index contributed by atoms with van der Waals surface area (Å²) in [7, 11) is 0. The average Bonchev–Trinajstić information content (AvgIpc) is 2.83. The van der Waals surface area contributed by atoms with Crippen molar-refractivity contribution in [2.24, 2.45) is 0 Å². The van der Waals surface area contributed by atoms with Crippen LogP contribution >= 0.6 is 11.8 Å². The van der Waals surface area contributed by atoms with Crippen molar-refractivity contribution >= 4 is 40.6 Å². The van der Waals surface area contributed by atoms with E-state index in [1.807, 2.05) is 24.3 Å². The van der Waals surface area contributed by atoms with E-state index in [0.717, 1.165) is 41.0 Å². The summed E-state index contributed by atoms with van der Waals surface area (Å²) in [6, 6.07) is 7.80. The number of carbonyl (C=O) groups excluding carboxylic acids is 3. The first kappa shape index (κ1) is 21.0. The van der Waals surface area contributed by atoms with Crippen LogP contribution in [0.3, 0.4) is 0 Å². The van der Waals surface area contributed by atoms with E-state index in [-0.39, 0.29) is 6.54 Å². The number of esters is 1. The van der Waals surface area contributed by atoms with Crippen LogP contribution in [0.5, 0.6) is 0 Å². The third-order valence-corrected chi connectivity index (χ3v) is 4.81. The van der Waals surface area contributed by atoms with E-state index in [2.05, 4.69) is 18.7 Å². The summed E-state index contributed by atoms with van der Waals surface area (Å²) in [6.45, 7) is 10.9. The molecule has 0 atom stereocenters. The van der Waals surface area contributed by atoms with Crippen LogP contribution in [0.25, 0.3) is 6.08 Å². The molecular formula is C20H26N2O4S. The van der Waals surface area contributed by atoms with Crippen molar-refractivity contribution < 1.29 is 19.1 Å². The highest BCUT2D eigenvalue weighted by Crippen LogP contribution is 2.32. The summed E-state index contributed by atoms with van der Waals surface area (Å²) in [5, 5.41) is -0.461. The number of nitrogens with zero attached hydrogens (tertiary/aromatic N) is 2. The first-order valence-electron chi connectivity index (χ1n) is 8.96. The molecule has 6 nitrogen and oxygen atoms in total. The maximum absolute atomic E-state index is 12.5. The van der Waals surface area contributed by atoms with Gasteiger partial charge in [0.25, 0.3) is 11.1 Å². The Morgan fingerprint density at radius 2 is 1.74 bits per heavy atom. The highest BCUT2D eigenvalue weighted by molar-refractivity contribution is 8.18. The van der Waals surface area contributed by atoms with Gasteiger partial charge in [0.15, 0.2) is 0 Å². The SMILES string of the molecule is CCN(CC)c1ccc(/C=C2\SC(=O)N(CC(=O)OC(C)(C)C)C2=O)cc1. The number of benzene rings is 1. The Kier molecular flexibility index (Phi) is 6.70. The molecule has 1 aromatic rings. The van der Waals surface area contributed by atoms with Gasteiger partial charge in [-0.15, -0.1) is 0 Å². The van der Waals surface area contributed by atoms with E-state index >= 15 is 0 Å². The first-order chi connectivity index (χ1) is 12.6. The Morgan fingerprint density at radius 3 is 2.26 bits per heavy atom. The zero-order valence-corrected chi connectivity index (χ0v) is 17.3. The number of imide groups is 1. The van der Waals surface area contributed by atoms with Gasteiger partial charge in [0.05, 0.1) is 4.91 Å². The van der Waals surface area contributed by atoms with E-state index in [9.17, 15) is 14.4 Å². The fraction of sp³-hybridized carbons (Fsp3) is 0.450. The second-order valence-corrected chi connectivity index (χ2v) is 8.11. The number of rotatable bonds is 6. The molecular weight excluding hydrogens is 364 g/mol. The first-order valence-corrected chi connectivity index (χ1v) is 9.78. The van der Waals surface area contributed by atoms with Crippen molar-refractivity contribution in [3.8, 4) is 0 Å². The van der Waals surface area contributed by atoms with Gasteiger partial charge in [-0.3, -0.25) is 19.3 Å². The lowest BCUT2D eigenvalue weighted by atomic mass is 10.1. The number of hydrogen-bond acceptors (Lipinski definition) is 6. The normalized spacial score (nSPS) is 16.2. The van der Waals surface area contributed by atoms with Crippen LogP contribution in [0, 0.1) is 0 Å². The molecule has 1 aromatic carbocycles. The fourth-order valence-corrected chi connectivity index (χ4v) is 3.50. The summed E-state index contributed by atoms with van der Waals surface area (Å²) in [5.41, 5.74) is 1.27. The molecule has 0 aromatic heterocycles. The summed E-state index contributed by atoms with van der Waals surface area (Å²) in [6.07, 6.45) is 1.67. The highest BCUT2D eigenvalue weighted by atomic mass is 32.2. The topological polar surface area (TPSA) is 66.9 Å². The molecule has 0 bridgehead atoms. The predicted octanol–water partition coefficient (Wildman–Crippen LogP) is 3.91. The van der Waals surface area contributed by atoms with Crippen molar-refractivity contribution in [2.45, 2.75) is 40.2 Å². The Balaban J connectivity index is 2.10. The van der Waals surface area contributed by atoms with E-state index < -0.39 is 22.7 Å². The van der Waals surface area contributed by atoms with Crippen LogP contribution in [0.4, 0.5) is 10.5 Å². The van der Waals surface area contributed by atoms with E-state index in [1.54, 1.807) is 26.8 Å². The van der Waals surface area contributed by atoms with Crippen molar-refractivity contribution in [3.63, 3.8) is 0 Å². The van der Waals surface area contributed by atoms with E-state index in [1.165, 1.54) is 0 Å². The molecule has 0 unspecified atom stereocenters. The number of carbonyl (C=O) groups is 3. The Morgan fingerprint density at radius 1 is 1.15 bits per heavy atom. The van der Waals surface area contributed by atoms with Crippen LogP contribution in [0.15, 0.2) is 29.2 Å². The van der Waals surface area contributed by atoms with Crippen molar-refractivity contribution in [1.82, 2.24) is 4.90 Å². The summed E-state index contributed by atoms with van der Waals surface area (Å²) >= 11 is 0.836. The number of ether oxygens (including phenoxy) is 1. The maximum Gasteiger partial charge on any atom is 0.326 e. The minimum Gasteiger partial charge on any atom is -0.459 e. The Labute approximate surface area is 164 Å². The minimum absolute atomic E-state index is 0.305. The third-order valence-electron chi connectivity index (χ3n) is 3.90. The second-order valence-electron chi connectivity index (χ2n) is 7.12. The molecule has 0 radical (unpaired) electrons. The number of thioether (sulfide) groups is 1. The van der Waals surface area contributed by atoms with Gasteiger partial charge < -0.3 is 9.64 Å². The van der Waals surface area contributed by atoms with Crippen molar-refractivity contribution in [3.05, 3.63) is 34.7 Å². The standard InChI is InChI=1S/C20H26N2O4S/c1-6-21(7-2)15-10-8-14(9-11-15)12-16-18(24)22(19(25)27-16)13-17(23)26-20(3,4)5/h8-12H,6-7,13H2,1-5H3/b16-12-. The molecule has 0 N–H and O–H groups in total. The molecule has 1 aliphatic rings. The second kappa shape index (κ2) is 8.61. The van der Waals surface area contributed by atoms with Gasteiger partial charge in [0.1, 0.15) is 12.1 Å². The largest absolute Gasteiger partial charge is 0.459 e. The molecule has 2 rings (SSSR count). The molecule has 1 saturated heterocycles. The van der Waals surface area contributed by atoms with Crippen molar-refractivity contribution in [1.29, 1.82) is 0 Å². The molecule has 0 spiro atoms. The van der Waals surface area contributed by atoms with Crippen molar-refractivity contribution in [2.75, 3.05) is 24.5 Å². The van der Waals surface area contributed by atoms with Gasteiger partial charge in [-0.25, -0.2) is 0 Å². The van der Waals surface area contributed by atoms with Gasteiger partial charge in [-0.05, 0) is 70.2 Å². The zero-order valence-electron chi connectivity index (χ0n) is 16.4. The van der Waals surface area contributed by atoms with Gasteiger partial charge in [-0.1, -0.05) is 12.1 Å². The molecule has 0 aliphatic carbocycles. The van der Waals surface area contributed by atoms with Gasteiger partial charge in [0, 0.05) is 18.8 Å². The smallest absolute Gasteiger partial charge is 0.326 e. The quantitative estimate of drug-likeness (QED) is 0.542.